The van der Waals surface area contributed by atoms with Crippen molar-refractivity contribution < 1.29 is 8.42 Å². The molecule has 0 atom stereocenters. The van der Waals surface area contributed by atoms with Crippen LogP contribution in [0.4, 0.5) is 0 Å². The number of hydrogen-bond acceptors (Lipinski definition) is 4. The molecule has 1 aromatic rings. The summed E-state index contributed by atoms with van der Waals surface area (Å²) in [6.07, 6.45) is 1.39. The number of hydrazine groups is 1. The van der Waals surface area contributed by atoms with Crippen molar-refractivity contribution in [2.45, 2.75) is 4.90 Å². The molecular weight excluding hydrogens is 202 g/mol. The van der Waals surface area contributed by atoms with Crippen molar-refractivity contribution in [2.24, 2.45) is 5.84 Å². The van der Waals surface area contributed by atoms with Gasteiger partial charge in [0.25, 0.3) is 10.0 Å². The van der Waals surface area contributed by atoms with Crippen LogP contribution >= 0.6 is 11.6 Å². The molecule has 0 saturated heterocycles. The summed E-state index contributed by atoms with van der Waals surface area (Å²) in [5.74, 6) is 4.78. The van der Waals surface area contributed by atoms with Crippen LogP contribution in [0, 0.1) is 0 Å². The number of halogens is 1. The van der Waals surface area contributed by atoms with Crippen LogP contribution in [-0.2, 0) is 10.0 Å². The Bertz CT molecular complexity index is 378. The van der Waals surface area contributed by atoms with Gasteiger partial charge in [-0.2, -0.15) is 0 Å². The summed E-state index contributed by atoms with van der Waals surface area (Å²) in [5.41, 5.74) is 0. The monoisotopic (exact) mass is 207 g/mol. The van der Waals surface area contributed by atoms with Crippen LogP contribution in [0.2, 0.25) is 5.15 Å². The van der Waals surface area contributed by atoms with Gasteiger partial charge in [0.15, 0.2) is 0 Å². The summed E-state index contributed by atoms with van der Waals surface area (Å²) in [4.78, 5) is 5.10. The lowest BCUT2D eigenvalue weighted by atomic mass is 10.5. The summed E-state index contributed by atoms with van der Waals surface area (Å²) in [5, 5.41) is -0.101. The van der Waals surface area contributed by atoms with E-state index in [9.17, 15) is 8.42 Å². The smallest absolute Gasteiger partial charge is 0.256 e. The van der Waals surface area contributed by atoms with Gasteiger partial charge < -0.3 is 0 Å². The molecule has 0 aliphatic carbocycles. The minimum Gasteiger partial charge on any atom is -0.257 e. The van der Waals surface area contributed by atoms with E-state index in [4.69, 9.17) is 17.4 Å². The maximum atomic E-state index is 11.1. The van der Waals surface area contributed by atoms with E-state index >= 15 is 0 Å². The number of nitrogens with one attached hydrogen (secondary N) is 1. The number of pyridine rings is 1. The first-order valence-corrected chi connectivity index (χ1v) is 4.77. The fraction of sp³-hybridized carbons (Fsp3) is 0. The second-order valence-electron chi connectivity index (χ2n) is 1.91. The summed E-state index contributed by atoms with van der Waals surface area (Å²) in [7, 11) is -3.70. The molecule has 1 rings (SSSR count). The molecule has 0 aliphatic heterocycles. The normalized spacial score (nSPS) is 11.5. The molecule has 0 saturated carbocycles. The molecule has 0 fully saturated rings. The number of sulfonamides is 1. The van der Waals surface area contributed by atoms with E-state index in [0.717, 1.165) is 0 Å². The Hall–Kier alpha value is -0.690. The minimum absolute atomic E-state index is 0.101. The lowest BCUT2D eigenvalue weighted by molar-refractivity contribution is 0.584. The lowest BCUT2D eigenvalue weighted by Gasteiger charge is -2.01. The van der Waals surface area contributed by atoms with Crippen molar-refractivity contribution in [3.8, 4) is 0 Å². The molecule has 0 unspecified atom stereocenters. The largest absolute Gasteiger partial charge is 0.257 e. The standard InChI is InChI=1S/C5H6ClN3O2S/c6-5-4(2-1-3-8-5)12(10,11)9-7/h1-3,9H,7H2. The Morgan fingerprint density at radius 2 is 2.25 bits per heavy atom. The SMILES string of the molecule is NNS(=O)(=O)c1cccnc1Cl. The van der Waals surface area contributed by atoms with Crippen molar-refractivity contribution in [1.29, 1.82) is 0 Å². The van der Waals surface area contributed by atoms with Gasteiger partial charge in [-0.1, -0.05) is 11.6 Å². The van der Waals surface area contributed by atoms with Gasteiger partial charge in [0, 0.05) is 6.20 Å². The third-order valence-electron chi connectivity index (χ3n) is 1.17. The number of nitrogens with zero attached hydrogens (tertiary/aromatic N) is 1. The molecule has 0 spiro atoms. The Morgan fingerprint density at radius 1 is 1.58 bits per heavy atom. The van der Waals surface area contributed by atoms with E-state index in [1.54, 1.807) is 4.83 Å². The number of aromatic nitrogens is 1. The van der Waals surface area contributed by atoms with Gasteiger partial charge in [-0.25, -0.2) is 13.4 Å². The number of rotatable bonds is 2. The molecule has 0 bridgehead atoms. The first-order valence-electron chi connectivity index (χ1n) is 2.91. The van der Waals surface area contributed by atoms with Gasteiger partial charge >= 0.3 is 0 Å². The van der Waals surface area contributed by atoms with Gasteiger partial charge in [-0.15, -0.1) is 4.83 Å². The summed E-state index contributed by atoms with van der Waals surface area (Å²) in [6.45, 7) is 0. The van der Waals surface area contributed by atoms with Crippen LogP contribution < -0.4 is 10.7 Å². The van der Waals surface area contributed by atoms with Crippen LogP contribution in [0.1, 0.15) is 0 Å². The lowest BCUT2D eigenvalue weighted by Crippen LogP contribution is -2.30. The molecule has 1 aromatic heterocycles. The molecule has 0 radical (unpaired) electrons. The summed E-state index contributed by atoms with van der Waals surface area (Å²) < 4.78 is 22.1. The maximum Gasteiger partial charge on any atom is 0.256 e. The Labute approximate surface area is 74.6 Å². The average molecular weight is 208 g/mol. The third kappa shape index (κ3) is 1.72. The number of hydrogen-bond donors (Lipinski definition) is 2. The van der Waals surface area contributed by atoms with Crippen LogP contribution in [-0.4, -0.2) is 13.4 Å². The first-order chi connectivity index (χ1) is 5.58. The third-order valence-corrected chi connectivity index (χ3v) is 2.80. The predicted molar refractivity (Wildman–Crippen MR) is 43.8 cm³/mol. The van der Waals surface area contributed by atoms with E-state index in [-0.39, 0.29) is 10.0 Å². The molecule has 0 amide bonds. The van der Waals surface area contributed by atoms with Crippen molar-refractivity contribution in [2.75, 3.05) is 0 Å². The van der Waals surface area contributed by atoms with Crippen LogP contribution in [0.15, 0.2) is 23.2 Å². The van der Waals surface area contributed by atoms with Crippen molar-refractivity contribution in [1.82, 2.24) is 9.82 Å². The molecule has 0 aliphatic rings. The van der Waals surface area contributed by atoms with Crippen LogP contribution in [0.3, 0.4) is 0 Å². The van der Waals surface area contributed by atoms with E-state index in [1.165, 1.54) is 18.3 Å². The van der Waals surface area contributed by atoms with Crippen LogP contribution in [0.25, 0.3) is 0 Å². The topological polar surface area (TPSA) is 85.1 Å². The van der Waals surface area contributed by atoms with Crippen molar-refractivity contribution in [3.05, 3.63) is 23.5 Å². The van der Waals surface area contributed by atoms with E-state index in [2.05, 4.69) is 4.98 Å². The highest BCUT2D eigenvalue weighted by molar-refractivity contribution is 7.89. The summed E-state index contributed by atoms with van der Waals surface area (Å²) in [6, 6.07) is 2.76. The van der Waals surface area contributed by atoms with Crippen molar-refractivity contribution in [3.63, 3.8) is 0 Å². The quantitative estimate of drug-likeness (QED) is 0.403. The highest BCUT2D eigenvalue weighted by atomic mass is 35.5. The van der Waals surface area contributed by atoms with Gasteiger partial charge in [0.1, 0.15) is 10.0 Å². The fourth-order valence-electron chi connectivity index (χ4n) is 0.635. The van der Waals surface area contributed by atoms with E-state index < -0.39 is 10.0 Å². The highest BCUT2D eigenvalue weighted by Gasteiger charge is 2.15. The molecule has 7 heteroatoms. The zero-order valence-corrected chi connectivity index (χ0v) is 7.43. The maximum absolute atomic E-state index is 11.1. The molecule has 1 heterocycles. The molecule has 66 valence electrons. The Balaban J connectivity index is 3.30. The first kappa shape index (κ1) is 9.40. The number of nitrogens with two attached hydrogens (primary N) is 1. The highest BCUT2D eigenvalue weighted by Crippen LogP contribution is 2.16. The Morgan fingerprint density at radius 3 is 2.75 bits per heavy atom. The van der Waals surface area contributed by atoms with E-state index in [0.29, 0.717) is 0 Å². The second-order valence-corrected chi connectivity index (χ2v) is 3.95. The van der Waals surface area contributed by atoms with Crippen molar-refractivity contribution >= 4 is 21.6 Å². The van der Waals surface area contributed by atoms with Crippen LogP contribution in [0.5, 0.6) is 0 Å². The zero-order valence-electron chi connectivity index (χ0n) is 5.86. The van der Waals surface area contributed by atoms with E-state index in [1.807, 2.05) is 0 Å². The molecule has 0 aromatic carbocycles. The Kier molecular flexibility index (Phi) is 2.63. The van der Waals surface area contributed by atoms with Gasteiger partial charge in [0.2, 0.25) is 0 Å². The van der Waals surface area contributed by atoms with Gasteiger partial charge in [0.05, 0.1) is 0 Å². The zero-order chi connectivity index (χ0) is 9.19. The van der Waals surface area contributed by atoms with Gasteiger partial charge in [-0.05, 0) is 12.1 Å². The molecule has 5 nitrogen and oxygen atoms in total. The summed E-state index contributed by atoms with van der Waals surface area (Å²) >= 11 is 5.50. The van der Waals surface area contributed by atoms with Gasteiger partial charge in [-0.3, -0.25) is 5.84 Å². The molecular formula is C5H6ClN3O2S. The molecule has 12 heavy (non-hydrogen) atoms. The second kappa shape index (κ2) is 3.36. The minimum atomic E-state index is -3.70. The average Bonchev–Trinajstić information content (AvgIpc) is 2.05. The fourth-order valence-corrected chi connectivity index (χ4v) is 1.72. The molecule has 3 N–H and O–H groups in total. The predicted octanol–water partition coefficient (Wildman–Crippen LogP) is -0.113.